The normalized spacial score (nSPS) is 12.8. The molecule has 30 heavy (non-hydrogen) atoms. The Morgan fingerprint density at radius 2 is 1.90 bits per heavy atom. The molecular formula is C21H23N5O3S. The van der Waals surface area contributed by atoms with Gasteiger partial charge in [0.05, 0.1) is 5.75 Å². The smallest absolute Gasteiger partial charge is 0.234 e. The van der Waals surface area contributed by atoms with E-state index in [2.05, 4.69) is 38.9 Å². The zero-order chi connectivity index (χ0) is 20.9. The van der Waals surface area contributed by atoms with E-state index in [0.717, 1.165) is 17.9 Å². The van der Waals surface area contributed by atoms with E-state index >= 15 is 0 Å². The fraction of sp³-hybridized carbons (Fsp3) is 0.333. The topological polar surface area (TPSA) is 91.2 Å². The number of amides is 1. The van der Waals surface area contributed by atoms with Crippen LogP contribution in [0, 0.1) is 5.92 Å². The second kappa shape index (κ2) is 9.17. The molecule has 0 unspecified atom stereocenters. The number of carbonyl (C=O) groups is 1. The Hall–Kier alpha value is -3.07. The van der Waals surface area contributed by atoms with Gasteiger partial charge in [0.1, 0.15) is 13.2 Å². The van der Waals surface area contributed by atoms with E-state index in [1.807, 2.05) is 12.1 Å². The maximum Gasteiger partial charge on any atom is 0.234 e. The first kappa shape index (κ1) is 20.2. The van der Waals surface area contributed by atoms with Crippen LogP contribution in [0.4, 0.5) is 5.69 Å². The summed E-state index contributed by atoms with van der Waals surface area (Å²) in [4.78, 5) is 16.6. The predicted octanol–water partition coefficient (Wildman–Crippen LogP) is 3.50. The molecule has 156 valence electrons. The molecule has 9 heteroatoms. The summed E-state index contributed by atoms with van der Waals surface area (Å²) in [5, 5.41) is 12.3. The number of thioether (sulfide) groups is 1. The number of aromatic nitrogens is 4. The molecule has 0 spiro atoms. The fourth-order valence-corrected chi connectivity index (χ4v) is 3.84. The van der Waals surface area contributed by atoms with E-state index in [1.54, 1.807) is 30.6 Å². The molecule has 3 aromatic rings. The molecule has 0 aliphatic carbocycles. The van der Waals surface area contributed by atoms with Crippen molar-refractivity contribution >= 4 is 23.4 Å². The van der Waals surface area contributed by atoms with E-state index in [0.29, 0.717) is 41.5 Å². The zero-order valence-corrected chi connectivity index (χ0v) is 17.7. The van der Waals surface area contributed by atoms with Gasteiger partial charge in [-0.1, -0.05) is 25.6 Å². The number of ether oxygens (including phenoxy) is 2. The molecule has 0 saturated carbocycles. The van der Waals surface area contributed by atoms with Gasteiger partial charge in [-0.2, -0.15) is 0 Å². The molecule has 0 fully saturated rings. The molecule has 0 radical (unpaired) electrons. The average Bonchev–Trinajstić information content (AvgIpc) is 3.14. The molecule has 4 rings (SSSR count). The molecule has 1 N–H and O–H groups in total. The molecule has 2 aromatic heterocycles. The van der Waals surface area contributed by atoms with Gasteiger partial charge in [0.25, 0.3) is 0 Å². The number of fused-ring (bicyclic) bond motifs is 1. The van der Waals surface area contributed by atoms with Gasteiger partial charge < -0.3 is 19.4 Å². The summed E-state index contributed by atoms with van der Waals surface area (Å²) in [5.41, 5.74) is 1.62. The highest BCUT2D eigenvalue weighted by molar-refractivity contribution is 7.99. The van der Waals surface area contributed by atoms with Crippen molar-refractivity contribution in [3.63, 3.8) is 0 Å². The molecular weight excluding hydrogens is 402 g/mol. The summed E-state index contributed by atoms with van der Waals surface area (Å²) in [6.45, 7) is 6.08. The monoisotopic (exact) mass is 425 g/mol. The SMILES string of the molecule is CC(C)Cn1c(SCC(=O)Nc2ccc3c(c2)OCCO3)nnc1-c1ccncc1. The van der Waals surface area contributed by atoms with Crippen molar-refractivity contribution in [2.45, 2.75) is 25.5 Å². The first-order valence-electron chi connectivity index (χ1n) is 9.76. The van der Waals surface area contributed by atoms with E-state index in [1.165, 1.54) is 11.8 Å². The average molecular weight is 426 g/mol. The lowest BCUT2D eigenvalue weighted by molar-refractivity contribution is -0.113. The Balaban J connectivity index is 1.44. The van der Waals surface area contributed by atoms with Gasteiger partial charge in [-0.05, 0) is 30.2 Å². The minimum Gasteiger partial charge on any atom is -0.486 e. The van der Waals surface area contributed by atoms with Crippen molar-refractivity contribution in [1.82, 2.24) is 19.7 Å². The van der Waals surface area contributed by atoms with Crippen molar-refractivity contribution in [2.24, 2.45) is 5.92 Å². The number of hydrogen-bond acceptors (Lipinski definition) is 7. The summed E-state index contributed by atoms with van der Waals surface area (Å²) < 4.78 is 13.1. The summed E-state index contributed by atoms with van der Waals surface area (Å²) >= 11 is 1.37. The van der Waals surface area contributed by atoms with E-state index in [4.69, 9.17) is 9.47 Å². The van der Waals surface area contributed by atoms with Crippen LogP contribution in [0.1, 0.15) is 13.8 Å². The number of anilines is 1. The molecule has 1 amide bonds. The van der Waals surface area contributed by atoms with Gasteiger partial charge in [0.2, 0.25) is 5.91 Å². The second-order valence-corrected chi connectivity index (χ2v) is 8.18. The minimum absolute atomic E-state index is 0.124. The van der Waals surface area contributed by atoms with Gasteiger partial charge in [-0.15, -0.1) is 10.2 Å². The number of rotatable bonds is 7. The van der Waals surface area contributed by atoms with Crippen molar-refractivity contribution < 1.29 is 14.3 Å². The first-order valence-corrected chi connectivity index (χ1v) is 10.7. The first-order chi connectivity index (χ1) is 14.6. The van der Waals surface area contributed by atoms with E-state index < -0.39 is 0 Å². The highest BCUT2D eigenvalue weighted by Crippen LogP contribution is 2.32. The summed E-state index contributed by atoms with van der Waals surface area (Å²) in [7, 11) is 0. The number of nitrogens with one attached hydrogen (secondary N) is 1. The van der Waals surface area contributed by atoms with Gasteiger partial charge in [0.15, 0.2) is 22.5 Å². The fourth-order valence-electron chi connectivity index (χ4n) is 3.09. The highest BCUT2D eigenvalue weighted by Gasteiger charge is 2.17. The van der Waals surface area contributed by atoms with Crippen molar-refractivity contribution in [3.05, 3.63) is 42.7 Å². The van der Waals surface area contributed by atoms with Crippen molar-refractivity contribution in [1.29, 1.82) is 0 Å². The highest BCUT2D eigenvalue weighted by atomic mass is 32.2. The maximum absolute atomic E-state index is 12.5. The van der Waals surface area contributed by atoms with Gasteiger partial charge in [-0.3, -0.25) is 9.78 Å². The minimum atomic E-state index is -0.124. The van der Waals surface area contributed by atoms with Gasteiger partial charge in [0, 0.05) is 36.3 Å². The van der Waals surface area contributed by atoms with Crippen molar-refractivity contribution in [2.75, 3.05) is 24.3 Å². The van der Waals surface area contributed by atoms with Crippen LogP contribution >= 0.6 is 11.8 Å². The Bertz CT molecular complexity index is 1020. The second-order valence-electron chi connectivity index (χ2n) is 7.24. The molecule has 8 nitrogen and oxygen atoms in total. The molecule has 1 aliphatic rings. The van der Waals surface area contributed by atoms with Crippen molar-refractivity contribution in [3.8, 4) is 22.9 Å². The third kappa shape index (κ3) is 4.73. The summed E-state index contributed by atoms with van der Waals surface area (Å²) in [5.74, 6) is 2.63. The molecule has 0 bridgehead atoms. The number of nitrogens with zero attached hydrogens (tertiary/aromatic N) is 4. The number of benzene rings is 1. The van der Waals surface area contributed by atoms with Crippen LogP contribution in [0.25, 0.3) is 11.4 Å². The summed E-state index contributed by atoms with van der Waals surface area (Å²) in [6, 6.07) is 9.20. The third-order valence-electron chi connectivity index (χ3n) is 4.36. The Morgan fingerprint density at radius 3 is 2.67 bits per heavy atom. The number of hydrogen-bond donors (Lipinski definition) is 1. The third-order valence-corrected chi connectivity index (χ3v) is 5.33. The molecule has 3 heterocycles. The summed E-state index contributed by atoms with van der Waals surface area (Å²) in [6.07, 6.45) is 3.47. The Labute approximate surface area is 179 Å². The van der Waals surface area contributed by atoms with Crippen LogP contribution in [0.3, 0.4) is 0 Å². The molecule has 1 aliphatic heterocycles. The quantitative estimate of drug-likeness (QED) is 0.579. The number of pyridine rings is 1. The Kier molecular flexibility index (Phi) is 6.18. The maximum atomic E-state index is 12.5. The van der Waals surface area contributed by atoms with E-state index in [9.17, 15) is 4.79 Å². The van der Waals surface area contributed by atoms with Crippen LogP contribution < -0.4 is 14.8 Å². The van der Waals surface area contributed by atoms with Gasteiger partial charge >= 0.3 is 0 Å². The zero-order valence-electron chi connectivity index (χ0n) is 16.9. The predicted molar refractivity (Wildman–Crippen MR) is 115 cm³/mol. The lowest BCUT2D eigenvalue weighted by Crippen LogP contribution is -2.17. The molecule has 0 atom stereocenters. The van der Waals surface area contributed by atoms with Crippen LogP contribution in [0.2, 0.25) is 0 Å². The van der Waals surface area contributed by atoms with Gasteiger partial charge in [-0.25, -0.2) is 0 Å². The van der Waals surface area contributed by atoms with E-state index in [-0.39, 0.29) is 11.7 Å². The lowest BCUT2D eigenvalue weighted by atomic mass is 10.2. The van der Waals surface area contributed by atoms with Crippen LogP contribution in [-0.4, -0.2) is 44.6 Å². The number of carbonyl (C=O) groups excluding carboxylic acids is 1. The molecule has 0 saturated heterocycles. The lowest BCUT2D eigenvalue weighted by Gasteiger charge is -2.19. The largest absolute Gasteiger partial charge is 0.486 e. The molecule has 1 aromatic carbocycles. The Morgan fingerprint density at radius 1 is 1.13 bits per heavy atom. The van der Waals surface area contributed by atoms with Crippen LogP contribution in [-0.2, 0) is 11.3 Å². The van der Waals surface area contributed by atoms with Crippen LogP contribution in [0.15, 0.2) is 47.9 Å². The van der Waals surface area contributed by atoms with Crippen LogP contribution in [0.5, 0.6) is 11.5 Å². The standard InChI is InChI=1S/C21H23N5O3S/c1-14(2)12-26-20(15-5-7-22-8-6-15)24-25-21(26)30-13-19(27)23-16-3-4-17-18(11-16)29-10-9-28-17/h3-8,11,14H,9-10,12-13H2,1-2H3,(H,23,27).